The fraction of sp³-hybridized carbons (Fsp3) is 0.917. The number of rotatable bonds is 67. The van der Waals surface area contributed by atoms with E-state index in [-0.39, 0.29) is 18.5 Å². The molecule has 3 N–H and O–H groups in total. The highest BCUT2D eigenvalue weighted by atomic mass is 16.5. The molecule has 0 fully saturated rings. The van der Waals surface area contributed by atoms with Crippen LogP contribution in [0.4, 0.5) is 0 Å². The Labute approximate surface area is 488 Å². The van der Waals surface area contributed by atoms with Crippen molar-refractivity contribution in [3.05, 3.63) is 24.3 Å². The predicted octanol–water partition coefficient (Wildman–Crippen LogP) is 22.9. The number of esters is 1. The van der Waals surface area contributed by atoms with Crippen molar-refractivity contribution in [1.82, 2.24) is 5.32 Å². The molecule has 0 bridgehead atoms. The van der Waals surface area contributed by atoms with Gasteiger partial charge < -0.3 is 20.3 Å². The van der Waals surface area contributed by atoms with Gasteiger partial charge in [-0.3, -0.25) is 9.59 Å². The minimum atomic E-state index is -0.661. The van der Waals surface area contributed by atoms with E-state index < -0.39 is 12.1 Å². The first kappa shape index (κ1) is 76.3. The third-order valence-corrected chi connectivity index (χ3v) is 16.7. The number of carbonyl (C=O) groups is 2. The molecule has 1 amide bonds. The van der Waals surface area contributed by atoms with Crippen LogP contribution in [0, 0.1) is 0 Å². The van der Waals surface area contributed by atoms with E-state index in [1.807, 2.05) is 0 Å². The second-order valence-electron chi connectivity index (χ2n) is 24.6. The zero-order valence-electron chi connectivity index (χ0n) is 52.9. The summed E-state index contributed by atoms with van der Waals surface area (Å²) in [5, 5.41) is 23.4. The van der Waals surface area contributed by atoms with Gasteiger partial charge in [-0.1, -0.05) is 359 Å². The molecule has 0 radical (unpaired) electrons. The number of nitrogens with one attached hydrogen (secondary N) is 1. The van der Waals surface area contributed by atoms with Crippen molar-refractivity contribution < 1.29 is 24.5 Å². The van der Waals surface area contributed by atoms with Crippen molar-refractivity contribution in [1.29, 1.82) is 0 Å². The summed E-state index contributed by atoms with van der Waals surface area (Å²) in [5.41, 5.74) is 0. The summed E-state index contributed by atoms with van der Waals surface area (Å²) in [7, 11) is 0. The van der Waals surface area contributed by atoms with E-state index in [0.29, 0.717) is 25.9 Å². The Bertz CT molecular complexity index is 1220. The van der Waals surface area contributed by atoms with Crippen LogP contribution in [0.3, 0.4) is 0 Å². The van der Waals surface area contributed by atoms with Crippen LogP contribution >= 0.6 is 0 Å². The molecule has 0 saturated carbocycles. The quantitative estimate of drug-likeness (QED) is 0.0320. The highest BCUT2D eigenvalue weighted by Gasteiger charge is 2.20. The van der Waals surface area contributed by atoms with Gasteiger partial charge in [-0.05, 0) is 51.4 Å². The van der Waals surface area contributed by atoms with E-state index >= 15 is 0 Å². The van der Waals surface area contributed by atoms with E-state index in [9.17, 15) is 19.8 Å². The van der Waals surface area contributed by atoms with Crippen LogP contribution in [0.25, 0.3) is 0 Å². The molecule has 0 aromatic heterocycles. The standard InChI is InChI=1S/C72H139NO5/c1-3-5-7-9-11-13-15-17-18-37-41-44-48-52-56-60-64-70(75)69(68-74)73-71(76)65-61-57-53-49-45-42-38-35-33-31-29-27-25-23-21-19-20-22-24-26-28-30-32-34-36-39-43-47-51-55-59-63-67-78-72(77)66-62-58-54-50-46-40-16-14-12-10-8-6-4-2/h8,10,14,16,69-70,74-75H,3-7,9,11-13,15,17-68H2,1-2H3,(H,73,76)/b10-8-,16-14-. The van der Waals surface area contributed by atoms with Gasteiger partial charge in [0, 0.05) is 12.8 Å². The van der Waals surface area contributed by atoms with Crippen molar-refractivity contribution in [2.45, 2.75) is 411 Å². The van der Waals surface area contributed by atoms with Crippen LogP contribution < -0.4 is 5.32 Å². The van der Waals surface area contributed by atoms with Crippen LogP contribution in [0.1, 0.15) is 399 Å². The maximum absolute atomic E-state index is 12.5. The van der Waals surface area contributed by atoms with Gasteiger partial charge in [0.15, 0.2) is 0 Å². The number of allylic oxidation sites excluding steroid dienone is 4. The fourth-order valence-electron chi connectivity index (χ4n) is 11.3. The van der Waals surface area contributed by atoms with E-state index in [4.69, 9.17) is 4.74 Å². The molecule has 2 unspecified atom stereocenters. The Morgan fingerprint density at radius 1 is 0.359 bits per heavy atom. The first-order valence-electron chi connectivity index (χ1n) is 35.6. The Morgan fingerprint density at radius 3 is 1.03 bits per heavy atom. The summed E-state index contributed by atoms with van der Waals surface area (Å²) in [6.45, 7) is 4.92. The highest BCUT2D eigenvalue weighted by molar-refractivity contribution is 5.76. The van der Waals surface area contributed by atoms with Crippen molar-refractivity contribution in [3.63, 3.8) is 0 Å². The van der Waals surface area contributed by atoms with Gasteiger partial charge in [0.2, 0.25) is 5.91 Å². The summed E-state index contributed by atoms with van der Waals surface area (Å²) in [6.07, 6.45) is 85.2. The maximum Gasteiger partial charge on any atom is 0.305 e. The predicted molar refractivity (Wildman–Crippen MR) is 343 cm³/mol. The van der Waals surface area contributed by atoms with Crippen molar-refractivity contribution in [3.8, 4) is 0 Å². The monoisotopic (exact) mass is 1100 g/mol. The van der Waals surface area contributed by atoms with E-state index in [1.54, 1.807) is 0 Å². The lowest BCUT2D eigenvalue weighted by Gasteiger charge is -2.22. The van der Waals surface area contributed by atoms with Crippen LogP contribution in [-0.4, -0.2) is 47.4 Å². The van der Waals surface area contributed by atoms with Gasteiger partial charge in [0.05, 0.1) is 25.4 Å². The first-order valence-corrected chi connectivity index (χ1v) is 35.6. The summed E-state index contributed by atoms with van der Waals surface area (Å²) >= 11 is 0. The van der Waals surface area contributed by atoms with Gasteiger partial charge in [-0.15, -0.1) is 0 Å². The number of aliphatic hydroxyl groups is 2. The molecule has 78 heavy (non-hydrogen) atoms. The molecule has 6 heteroatoms. The van der Waals surface area contributed by atoms with Gasteiger partial charge >= 0.3 is 5.97 Å². The van der Waals surface area contributed by atoms with Gasteiger partial charge in [0.25, 0.3) is 0 Å². The topological polar surface area (TPSA) is 95.9 Å². The number of amides is 1. The molecular weight excluding hydrogens is 959 g/mol. The molecule has 0 aliphatic rings. The molecule has 0 aliphatic carbocycles. The number of hydrogen-bond acceptors (Lipinski definition) is 5. The molecule has 0 rings (SSSR count). The van der Waals surface area contributed by atoms with Crippen molar-refractivity contribution in [2.24, 2.45) is 0 Å². The molecule has 0 aromatic carbocycles. The summed E-state index contributed by atoms with van der Waals surface area (Å²) in [4.78, 5) is 24.6. The normalized spacial score (nSPS) is 12.6. The SMILES string of the molecule is CCC/C=C\C/C=C\CCCCCCCC(=O)OCCCCCCCCCCCCCCCCCCCCCCCCCCCCCCCCCCC(=O)NC(CO)C(O)CCCCCCCCCCCCCCCCCC. The number of carbonyl (C=O) groups excluding carboxylic acids is 2. The smallest absolute Gasteiger partial charge is 0.305 e. The van der Waals surface area contributed by atoms with Gasteiger partial charge in [-0.2, -0.15) is 0 Å². The lowest BCUT2D eigenvalue weighted by atomic mass is 10.0. The zero-order chi connectivity index (χ0) is 56.4. The summed E-state index contributed by atoms with van der Waals surface area (Å²) in [6, 6.07) is -0.537. The molecule has 0 aliphatic heterocycles. The third kappa shape index (κ3) is 63.5. The van der Waals surface area contributed by atoms with E-state index in [1.165, 1.54) is 315 Å². The molecule has 0 spiro atoms. The number of ether oxygens (including phenoxy) is 1. The number of hydrogen-bond donors (Lipinski definition) is 3. The lowest BCUT2D eigenvalue weighted by Crippen LogP contribution is -2.45. The Hall–Kier alpha value is -1.66. The molecular formula is C72H139NO5. The fourth-order valence-corrected chi connectivity index (χ4v) is 11.3. The first-order chi connectivity index (χ1) is 38.5. The number of aliphatic hydroxyl groups excluding tert-OH is 2. The van der Waals surface area contributed by atoms with E-state index in [2.05, 4.69) is 43.5 Å². The van der Waals surface area contributed by atoms with Crippen LogP contribution in [0.5, 0.6) is 0 Å². The largest absolute Gasteiger partial charge is 0.466 e. The summed E-state index contributed by atoms with van der Waals surface area (Å²) < 4.78 is 5.48. The average molecular weight is 1100 g/mol. The molecule has 2 atom stereocenters. The third-order valence-electron chi connectivity index (χ3n) is 16.7. The second kappa shape index (κ2) is 67.8. The molecule has 0 heterocycles. The van der Waals surface area contributed by atoms with E-state index in [0.717, 1.165) is 51.4 Å². The van der Waals surface area contributed by atoms with Crippen LogP contribution in [0.15, 0.2) is 24.3 Å². The minimum Gasteiger partial charge on any atom is -0.466 e. The highest BCUT2D eigenvalue weighted by Crippen LogP contribution is 2.19. The van der Waals surface area contributed by atoms with Crippen LogP contribution in [-0.2, 0) is 14.3 Å². The molecule has 0 aromatic rings. The molecule has 462 valence electrons. The minimum absolute atomic E-state index is 0.00631. The van der Waals surface area contributed by atoms with Gasteiger partial charge in [0.1, 0.15) is 0 Å². The Balaban J connectivity index is 3.32. The maximum atomic E-state index is 12.5. The van der Waals surface area contributed by atoms with Crippen molar-refractivity contribution in [2.75, 3.05) is 13.2 Å². The van der Waals surface area contributed by atoms with Crippen molar-refractivity contribution >= 4 is 11.9 Å². The lowest BCUT2D eigenvalue weighted by molar-refractivity contribution is -0.143. The van der Waals surface area contributed by atoms with Crippen LogP contribution in [0.2, 0.25) is 0 Å². The number of unbranched alkanes of at least 4 members (excludes halogenated alkanes) is 52. The zero-order valence-corrected chi connectivity index (χ0v) is 52.9. The Morgan fingerprint density at radius 2 is 0.667 bits per heavy atom. The Kier molecular flexibility index (Phi) is 66.4. The molecule has 0 saturated heterocycles. The molecule has 6 nitrogen and oxygen atoms in total. The average Bonchev–Trinajstić information content (AvgIpc) is 3.44. The summed E-state index contributed by atoms with van der Waals surface area (Å²) in [5.74, 6) is -0.0208. The second-order valence-corrected chi connectivity index (χ2v) is 24.6. The van der Waals surface area contributed by atoms with Gasteiger partial charge in [-0.25, -0.2) is 0 Å².